The summed E-state index contributed by atoms with van der Waals surface area (Å²) in [7, 11) is 0. The smallest absolute Gasteiger partial charge is 0.0820 e. The number of hydrogen-bond acceptors (Lipinski definition) is 2. The number of rotatable bonds is 7. The van der Waals surface area contributed by atoms with Crippen LogP contribution in [-0.2, 0) is 11.3 Å². The molecule has 0 fully saturated rings. The van der Waals surface area contributed by atoms with Crippen molar-refractivity contribution in [1.82, 2.24) is 0 Å². The number of hydrogen-bond donors (Lipinski definition) is 1. The first-order chi connectivity index (χ1) is 8.27. The normalized spacial score (nSPS) is 14.7. The standard InChI is InChI=1S/C15H20O2/c1-3-13(2)15(10-7-11-16)17-12-14-8-5-4-6-9-14/h3-10,13,15-16H,1,11-12H2,2H3/b10-7+/t13-,15-/m0/s1. The van der Waals surface area contributed by atoms with Crippen molar-refractivity contribution in [1.29, 1.82) is 0 Å². The van der Waals surface area contributed by atoms with Crippen molar-refractivity contribution in [2.75, 3.05) is 6.61 Å². The van der Waals surface area contributed by atoms with Crippen molar-refractivity contribution in [2.45, 2.75) is 19.6 Å². The van der Waals surface area contributed by atoms with Crippen LogP contribution in [0.4, 0.5) is 0 Å². The molecule has 2 atom stereocenters. The highest BCUT2D eigenvalue weighted by Gasteiger charge is 2.11. The van der Waals surface area contributed by atoms with Crippen molar-refractivity contribution >= 4 is 0 Å². The van der Waals surface area contributed by atoms with E-state index in [2.05, 4.69) is 6.58 Å². The lowest BCUT2D eigenvalue weighted by Gasteiger charge is -2.18. The minimum atomic E-state index is -0.0418. The molecule has 0 unspecified atom stereocenters. The van der Waals surface area contributed by atoms with Crippen LogP contribution in [0.5, 0.6) is 0 Å². The summed E-state index contributed by atoms with van der Waals surface area (Å²) >= 11 is 0. The quantitative estimate of drug-likeness (QED) is 0.732. The molecule has 1 N–H and O–H groups in total. The third kappa shape index (κ3) is 4.98. The maximum atomic E-state index is 8.79. The lowest BCUT2D eigenvalue weighted by atomic mass is 10.0. The summed E-state index contributed by atoms with van der Waals surface area (Å²) in [6.07, 6.45) is 5.40. The average Bonchev–Trinajstić information content (AvgIpc) is 2.39. The molecule has 0 aromatic heterocycles. The fourth-order valence-electron chi connectivity index (χ4n) is 1.48. The van der Waals surface area contributed by atoms with Gasteiger partial charge in [0.25, 0.3) is 0 Å². The summed E-state index contributed by atoms with van der Waals surface area (Å²) in [6, 6.07) is 10.0. The first-order valence-corrected chi connectivity index (χ1v) is 5.83. The van der Waals surface area contributed by atoms with Crippen molar-refractivity contribution in [3.8, 4) is 0 Å². The summed E-state index contributed by atoms with van der Waals surface area (Å²) in [5.41, 5.74) is 1.14. The molecule has 0 aliphatic rings. The third-order valence-corrected chi connectivity index (χ3v) is 2.61. The fraction of sp³-hybridized carbons (Fsp3) is 0.333. The minimum Gasteiger partial charge on any atom is -0.392 e. The van der Waals surface area contributed by atoms with Crippen LogP contribution in [0.3, 0.4) is 0 Å². The van der Waals surface area contributed by atoms with Gasteiger partial charge in [0.05, 0.1) is 19.3 Å². The molecule has 0 heterocycles. The molecule has 2 nitrogen and oxygen atoms in total. The molecule has 1 rings (SSSR count). The van der Waals surface area contributed by atoms with Crippen LogP contribution in [0.25, 0.3) is 0 Å². The molecule has 0 saturated heterocycles. The van der Waals surface area contributed by atoms with Gasteiger partial charge in [-0.05, 0) is 5.56 Å². The molecular weight excluding hydrogens is 212 g/mol. The number of benzene rings is 1. The van der Waals surface area contributed by atoms with Crippen molar-refractivity contribution < 1.29 is 9.84 Å². The Labute approximate surface area is 103 Å². The maximum absolute atomic E-state index is 8.79. The average molecular weight is 232 g/mol. The Morgan fingerprint density at radius 2 is 2.06 bits per heavy atom. The molecule has 0 saturated carbocycles. The second-order valence-corrected chi connectivity index (χ2v) is 3.97. The van der Waals surface area contributed by atoms with Crippen molar-refractivity contribution in [3.63, 3.8) is 0 Å². The van der Waals surface area contributed by atoms with Gasteiger partial charge in [-0.3, -0.25) is 0 Å². The molecule has 17 heavy (non-hydrogen) atoms. The van der Waals surface area contributed by atoms with E-state index in [-0.39, 0.29) is 18.6 Å². The van der Waals surface area contributed by atoms with Crippen LogP contribution in [-0.4, -0.2) is 17.8 Å². The van der Waals surface area contributed by atoms with E-state index in [1.807, 2.05) is 49.4 Å². The van der Waals surface area contributed by atoms with Crippen LogP contribution in [0.1, 0.15) is 12.5 Å². The summed E-state index contributed by atoms with van der Waals surface area (Å²) < 4.78 is 5.81. The monoisotopic (exact) mass is 232 g/mol. The largest absolute Gasteiger partial charge is 0.392 e. The molecular formula is C15H20O2. The third-order valence-electron chi connectivity index (χ3n) is 2.61. The molecule has 0 spiro atoms. The Morgan fingerprint density at radius 3 is 2.65 bits per heavy atom. The van der Waals surface area contributed by atoms with Crippen LogP contribution in [0.15, 0.2) is 55.1 Å². The predicted molar refractivity (Wildman–Crippen MR) is 70.6 cm³/mol. The van der Waals surface area contributed by atoms with E-state index in [4.69, 9.17) is 9.84 Å². The van der Waals surface area contributed by atoms with Crippen LogP contribution >= 0.6 is 0 Å². The zero-order valence-corrected chi connectivity index (χ0v) is 10.3. The second kappa shape index (κ2) is 7.82. The molecule has 0 amide bonds. The van der Waals surface area contributed by atoms with Gasteiger partial charge in [-0.25, -0.2) is 0 Å². The molecule has 92 valence electrons. The Balaban J connectivity index is 2.54. The van der Waals surface area contributed by atoms with Gasteiger partial charge in [0, 0.05) is 5.92 Å². The van der Waals surface area contributed by atoms with E-state index < -0.39 is 0 Å². The Bertz CT molecular complexity index is 343. The van der Waals surface area contributed by atoms with Gasteiger partial charge in [0.15, 0.2) is 0 Å². The van der Waals surface area contributed by atoms with Gasteiger partial charge in [-0.15, -0.1) is 6.58 Å². The Morgan fingerprint density at radius 1 is 1.35 bits per heavy atom. The first kappa shape index (κ1) is 13.7. The molecule has 2 heteroatoms. The fourth-order valence-corrected chi connectivity index (χ4v) is 1.48. The number of aliphatic hydroxyl groups excluding tert-OH is 1. The van der Waals surface area contributed by atoms with Gasteiger partial charge < -0.3 is 9.84 Å². The van der Waals surface area contributed by atoms with Crippen LogP contribution < -0.4 is 0 Å². The minimum absolute atomic E-state index is 0.0368. The van der Waals surface area contributed by atoms with Gasteiger partial charge in [0.1, 0.15) is 0 Å². The van der Waals surface area contributed by atoms with E-state index >= 15 is 0 Å². The van der Waals surface area contributed by atoms with Crippen LogP contribution in [0, 0.1) is 5.92 Å². The molecule has 1 aromatic rings. The zero-order chi connectivity index (χ0) is 12.5. The topological polar surface area (TPSA) is 29.5 Å². The van der Waals surface area contributed by atoms with Crippen molar-refractivity contribution in [3.05, 3.63) is 60.7 Å². The molecule has 0 aliphatic heterocycles. The summed E-state index contributed by atoms with van der Waals surface area (Å²) in [4.78, 5) is 0. The Kier molecular flexibility index (Phi) is 6.30. The predicted octanol–water partition coefficient (Wildman–Crippen LogP) is 2.94. The van der Waals surface area contributed by atoms with Crippen LogP contribution in [0.2, 0.25) is 0 Å². The highest BCUT2D eigenvalue weighted by molar-refractivity contribution is 5.13. The Hall–Kier alpha value is -1.38. The zero-order valence-electron chi connectivity index (χ0n) is 10.3. The molecule has 1 aromatic carbocycles. The summed E-state index contributed by atoms with van der Waals surface area (Å²) in [6.45, 7) is 6.42. The lowest BCUT2D eigenvalue weighted by Crippen LogP contribution is -2.17. The van der Waals surface area contributed by atoms with Gasteiger partial charge in [0.2, 0.25) is 0 Å². The maximum Gasteiger partial charge on any atom is 0.0820 e. The van der Waals surface area contributed by atoms with Gasteiger partial charge in [-0.2, -0.15) is 0 Å². The SMILES string of the molecule is C=C[C@H](C)[C@H](/C=C/CO)OCc1ccccc1. The highest BCUT2D eigenvalue weighted by Crippen LogP contribution is 2.13. The molecule has 0 aliphatic carbocycles. The van der Waals surface area contributed by atoms with E-state index in [0.29, 0.717) is 6.61 Å². The summed E-state index contributed by atoms with van der Waals surface area (Å²) in [5.74, 6) is 0.224. The summed E-state index contributed by atoms with van der Waals surface area (Å²) in [5, 5.41) is 8.79. The number of ether oxygens (including phenoxy) is 1. The first-order valence-electron chi connectivity index (χ1n) is 5.83. The molecule has 0 bridgehead atoms. The van der Waals surface area contributed by atoms with Crippen molar-refractivity contribution in [2.24, 2.45) is 5.92 Å². The lowest BCUT2D eigenvalue weighted by molar-refractivity contribution is 0.0498. The molecule has 0 radical (unpaired) electrons. The van der Waals surface area contributed by atoms with E-state index in [0.717, 1.165) is 5.56 Å². The van der Waals surface area contributed by atoms with E-state index in [1.54, 1.807) is 6.08 Å². The van der Waals surface area contributed by atoms with Gasteiger partial charge >= 0.3 is 0 Å². The second-order valence-electron chi connectivity index (χ2n) is 3.97. The number of aliphatic hydroxyl groups is 1. The van der Waals surface area contributed by atoms with E-state index in [1.165, 1.54) is 0 Å². The van der Waals surface area contributed by atoms with Gasteiger partial charge in [-0.1, -0.05) is 55.5 Å². The highest BCUT2D eigenvalue weighted by atomic mass is 16.5. The van der Waals surface area contributed by atoms with E-state index in [9.17, 15) is 0 Å².